The second kappa shape index (κ2) is 9.23. The first-order chi connectivity index (χ1) is 15.4. The molecule has 1 aliphatic rings. The zero-order chi connectivity index (χ0) is 22.6. The molecule has 1 aliphatic heterocycles. The lowest BCUT2D eigenvalue weighted by Gasteiger charge is -2.37. The first kappa shape index (κ1) is 21.6. The minimum atomic E-state index is -1.36. The highest BCUT2D eigenvalue weighted by Crippen LogP contribution is 2.43. The topological polar surface area (TPSA) is 90.9 Å². The molecule has 32 heavy (non-hydrogen) atoms. The fraction of sp³-hybridized carbons (Fsp3) is 0.167. The number of ether oxygens (including phenoxy) is 1. The second-order valence-corrected chi connectivity index (χ2v) is 8.60. The summed E-state index contributed by atoms with van der Waals surface area (Å²) in [6.45, 7) is 2.18. The molecule has 0 saturated heterocycles. The molecule has 164 valence electrons. The Morgan fingerprint density at radius 2 is 1.78 bits per heavy atom. The number of thioether (sulfide) groups is 1. The summed E-state index contributed by atoms with van der Waals surface area (Å²) in [4.78, 5) is 24.9. The van der Waals surface area contributed by atoms with Crippen LogP contribution in [0.1, 0.15) is 18.1 Å². The maximum atomic E-state index is 12.7. The largest absolute Gasteiger partial charge is 0.464 e. The van der Waals surface area contributed by atoms with Gasteiger partial charge in [-0.3, -0.25) is 0 Å². The van der Waals surface area contributed by atoms with Crippen molar-refractivity contribution in [1.82, 2.24) is 5.43 Å². The van der Waals surface area contributed by atoms with E-state index >= 15 is 0 Å². The van der Waals surface area contributed by atoms with Gasteiger partial charge in [-0.25, -0.2) is 15.0 Å². The standard InChI is InChI=1S/C24H23N3O4S/c1-24(18-10-6-3-7-11-18)16-32-21-14-19(12-13-20(21)25-24)27(26-22(28)29)23(30)31-15-17-8-4-2-5-9-17/h2-14,25-26H,15-16H2,1H3,(H,28,29). The van der Waals surface area contributed by atoms with Crippen LogP contribution in [0.4, 0.5) is 21.0 Å². The Balaban J connectivity index is 1.53. The molecule has 0 spiro atoms. The predicted molar refractivity (Wildman–Crippen MR) is 125 cm³/mol. The number of amides is 2. The number of rotatable bonds is 4. The van der Waals surface area contributed by atoms with Crippen LogP contribution in [0.15, 0.2) is 83.8 Å². The van der Waals surface area contributed by atoms with Crippen LogP contribution in [-0.4, -0.2) is 23.0 Å². The van der Waals surface area contributed by atoms with Crippen molar-refractivity contribution in [1.29, 1.82) is 0 Å². The van der Waals surface area contributed by atoms with E-state index in [1.54, 1.807) is 23.9 Å². The van der Waals surface area contributed by atoms with Gasteiger partial charge >= 0.3 is 12.2 Å². The lowest BCUT2D eigenvalue weighted by Crippen LogP contribution is -2.46. The number of carboxylic acid groups (broad SMARTS) is 1. The van der Waals surface area contributed by atoms with Gasteiger partial charge in [0.15, 0.2) is 0 Å². The molecular weight excluding hydrogens is 426 g/mol. The fourth-order valence-electron chi connectivity index (χ4n) is 3.48. The molecular formula is C24H23N3O4S. The van der Waals surface area contributed by atoms with Gasteiger partial charge in [0, 0.05) is 16.3 Å². The summed E-state index contributed by atoms with van der Waals surface area (Å²) >= 11 is 1.65. The van der Waals surface area contributed by atoms with E-state index in [4.69, 9.17) is 4.74 Å². The minimum Gasteiger partial charge on any atom is -0.464 e. The minimum absolute atomic E-state index is 0.0359. The smallest absolute Gasteiger partial charge is 0.433 e. The van der Waals surface area contributed by atoms with Crippen molar-refractivity contribution in [2.75, 3.05) is 16.1 Å². The van der Waals surface area contributed by atoms with Gasteiger partial charge in [-0.05, 0) is 36.2 Å². The zero-order valence-corrected chi connectivity index (χ0v) is 18.3. The Kier molecular flexibility index (Phi) is 6.23. The lowest BCUT2D eigenvalue weighted by molar-refractivity contribution is 0.141. The molecule has 3 N–H and O–H groups in total. The van der Waals surface area contributed by atoms with Crippen LogP contribution < -0.4 is 15.8 Å². The quantitative estimate of drug-likeness (QED) is 0.459. The van der Waals surface area contributed by atoms with Gasteiger partial charge in [0.2, 0.25) is 0 Å². The van der Waals surface area contributed by atoms with E-state index in [2.05, 4.69) is 29.8 Å². The summed E-state index contributed by atoms with van der Waals surface area (Å²) in [5, 5.41) is 13.7. The van der Waals surface area contributed by atoms with Crippen LogP contribution in [0, 0.1) is 0 Å². The Morgan fingerprint density at radius 3 is 2.47 bits per heavy atom. The van der Waals surface area contributed by atoms with Crippen LogP contribution in [0.2, 0.25) is 0 Å². The van der Waals surface area contributed by atoms with E-state index in [1.807, 2.05) is 54.6 Å². The van der Waals surface area contributed by atoms with E-state index in [-0.39, 0.29) is 12.1 Å². The van der Waals surface area contributed by atoms with Gasteiger partial charge in [0.25, 0.3) is 0 Å². The number of carbonyl (C=O) groups is 2. The second-order valence-electron chi connectivity index (χ2n) is 7.58. The molecule has 0 fully saturated rings. The maximum absolute atomic E-state index is 12.7. The SMILES string of the molecule is CC1(c2ccccc2)CSc2cc(N(NC(=O)O)C(=O)OCc3ccccc3)ccc2N1. The summed E-state index contributed by atoms with van der Waals surface area (Å²) in [5.74, 6) is 0.776. The Labute approximate surface area is 190 Å². The van der Waals surface area contributed by atoms with E-state index in [0.29, 0.717) is 5.69 Å². The average molecular weight is 450 g/mol. The van der Waals surface area contributed by atoms with E-state index in [0.717, 1.165) is 26.9 Å². The number of hydrazine groups is 1. The van der Waals surface area contributed by atoms with Crippen molar-refractivity contribution >= 4 is 35.3 Å². The fourth-order valence-corrected chi connectivity index (χ4v) is 4.65. The molecule has 0 aliphatic carbocycles. The monoisotopic (exact) mass is 449 g/mol. The third-order valence-corrected chi connectivity index (χ3v) is 6.53. The summed E-state index contributed by atoms with van der Waals surface area (Å²) in [5.41, 5.74) is 5.17. The van der Waals surface area contributed by atoms with Gasteiger partial charge in [-0.15, -0.1) is 11.8 Å². The predicted octanol–water partition coefficient (Wildman–Crippen LogP) is 5.45. The van der Waals surface area contributed by atoms with Crippen LogP contribution in [0.3, 0.4) is 0 Å². The number of carbonyl (C=O) groups excluding carboxylic acids is 1. The summed E-state index contributed by atoms with van der Waals surface area (Å²) < 4.78 is 5.32. The zero-order valence-electron chi connectivity index (χ0n) is 17.4. The normalized spacial score (nSPS) is 16.9. The third kappa shape index (κ3) is 4.81. The van der Waals surface area contributed by atoms with Crippen LogP contribution in [0.25, 0.3) is 0 Å². The summed E-state index contributed by atoms with van der Waals surface area (Å²) in [6, 6.07) is 24.7. The molecule has 8 heteroatoms. The molecule has 0 aromatic heterocycles. The van der Waals surface area contributed by atoms with Crippen molar-refractivity contribution in [2.45, 2.75) is 24.0 Å². The van der Waals surface area contributed by atoms with Gasteiger partial charge in [-0.1, -0.05) is 60.7 Å². The van der Waals surface area contributed by atoms with Gasteiger partial charge in [0.05, 0.1) is 11.2 Å². The van der Waals surface area contributed by atoms with E-state index in [1.165, 1.54) is 5.56 Å². The summed E-state index contributed by atoms with van der Waals surface area (Å²) in [6.07, 6.45) is -2.17. The molecule has 0 radical (unpaired) electrons. The van der Waals surface area contributed by atoms with Crippen molar-refractivity contribution < 1.29 is 19.4 Å². The van der Waals surface area contributed by atoms with Gasteiger partial charge in [0.1, 0.15) is 6.61 Å². The first-order valence-corrected chi connectivity index (χ1v) is 11.0. The van der Waals surface area contributed by atoms with Crippen molar-refractivity contribution in [2.24, 2.45) is 0 Å². The number of anilines is 2. The Morgan fingerprint density at radius 1 is 1.09 bits per heavy atom. The molecule has 0 bridgehead atoms. The van der Waals surface area contributed by atoms with Crippen LogP contribution >= 0.6 is 11.8 Å². The highest BCUT2D eigenvalue weighted by Gasteiger charge is 2.32. The highest BCUT2D eigenvalue weighted by atomic mass is 32.2. The van der Waals surface area contributed by atoms with Crippen LogP contribution in [-0.2, 0) is 16.9 Å². The maximum Gasteiger partial charge on any atom is 0.433 e. The van der Waals surface area contributed by atoms with Gasteiger partial charge < -0.3 is 15.2 Å². The van der Waals surface area contributed by atoms with Crippen LogP contribution in [0.5, 0.6) is 0 Å². The summed E-state index contributed by atoms with van der Waals surface area (Å²) in [7, 11) is 0. The molecule has 1 atom stereocenters. The number of hydrogen-bond acceptors (Lipinski definition) is 5. The first-order valence-electron chi connectivity index (χ1n) is 10.1. The molecule has 4 rings (SSSR count). The Hall–Kier alpha value is -3.65. The number of nitrogens with zero attached hydrogens (tertiary/aromatic N) is 1. The van der Waals surface area contributed by atoms with Crippen molar-refractivity contribution in [3.63, 3.8) is 0 Å². The molecule has 1 unspecified atom stereocenters. The molecule has 0 saturated carbocycles. The molecule has 1 heterocycles. The number of benzene rings is 3. The molecule has 2 amide bonds. The molecule has 3 aromatic carbocycles. The Bertz CT molecular complexity index is 1110. The molecule has 3 aromatic rings. The molecule has 7 nitrogen and oxygen atoms in total. The van der Waals surface area contributed by atoms with E-state index in [9.17, 15) is 14.7 Å². The number of nitrogens with one attached hydrogen (secondary N) is 2. The number of hydrogen-bond donors (Lipinski definition) is 3. The van der Waals surface area contributed by atoms with Gasteiger partial charge in [-0.2, -0.15) is 5.01 Å². The third-order valence-electron chi connectivity index (χ3n) is 5.16. The lowest BCUT2D eigenvalue weighted by atomic mass is 9.93. The highest BCUT2D eigenvalue weighted by molar-refractivity contribution is 7.99. The van der Waals surface area contributed by atoms with Crippen molar-refractivity contribution in [3.05, 3.63) is 90.0 Å². The average Bonchev–Trinajstić information content (AvgIpc) is 2.82. The van der Waals surface area contributed by atoms with Crippen molar-refractivity contribution in [3.8, 4) is 0 Å². The number of fused-ring (bicyclic) bond motifs is 1. The van der Waals surface area contributed by atoms with E-state index < -0.39 is 12.2 Å².